The number of nitro benzene ring substituents is 1. The molecule has 6 nitrogen and oxygen atoms in total. The van der Waals surface area contributed by atoms with Gasteiger partial charge in [-0.15, -0.1) is 0 Å². The minimum Gasteiger partial charge on any atom is -0.378 e. The average molecular weight is 369 g/mol. The van der Waals surface area contributed by atoms with Gasteiger partial charge in [-0.05, 0) is 24.1 Å². The lowest BCUT2D eigenvalue weighted by Crippen LogP contribution is -2.14. The van der Waals surface area contributed by atoms with Crippen LogP contribution >= 0.6 is 0 Å². The molecule has 0 heterocycles. The third kappa shape index (κ3) is 3.43. The standard InChI is InChI=1S/C19H15NO5S/c1-14-8-7-12-17(20(21)22)19(14)26(23,24)25-18-13-6-5-11-16(18)15-9-3-2-4-10-15/h2-13H,1H3. The zero-order valence-corrected chi connectivity index (χ0v) is 14.6. The number of nitro groups is 1. The van der Waals surface area contributed by atoms with E-state index in [1.165, 1.54) is 25.1 Å². The summed E-state index contributed by atoms with van der Waals surface area (Å²) < 4.78 is 30.9. The lowest BCUT2D eigenvalue weighted by molar-refractivity contribution is -0.388. The van der Waals surface area contributed by atoms with Crippen molar-refractivity contribution in [1.82, 2.24) is 0 Å². The van der Waals surface area contributed by atoms with E-state index in [4.69, 9.17) is 4.18 Å². The molecule has 132 valence electrons. The summed E-state index contributed by atoms with van der Waals surface area (Å²) in [5, 5.41) is 11.2. The SMILES string of the molecule is Cc1cccc([N+](=O)[O-])c1S(=O)(=O)Oc1ccccc1-c1ccccc1. The molecule has 26 heavy (non-hydrogen) atoms. The summed E-state index contributed by atoms with van der Waals surface area (Å²) in [4.78, 5) is 10.1. The van der Waals surface area contributed by atoms with Crippen molar-refractivity contribution in [3.63, 3.8) is 0 Å². The molecule has 7 heteroatoms. The molecular formula is C19H15NO5S. The van der Waals surface area contributed by atoms with Crippen LogP contribution in [0.15, 0.2) is 77.7 Å². The summed E-state index contributed by atoms with van der Waals surface area (Å²) in [7, 11) is -4.39. The maximum atomic E-state index is 12.8. The zero-order valence-electron chi connectivity index (χ0n) is 13.8. The van der Waals surface area contributed by atoms with E-state index in [0.29, 0.717) is 5.56 Å². The van der Waals surface area contributed by atoms with Crippen LogP contribution < -0.4 is 4.18 Å². The van der Waals surface area contributed by atoms with Crippen LogP contribution in [-0.4, -0.2) is 13.3 Å². The van der Waals surface area contributed by atoms with Gasteiger partial charge in [0.05, 0.1) is 4.92 Å². The number of aryl methyl sites for hydroxylation is 1. The van der Waals surface area contributed by atoms with Crippen molar-refractivity contribution in [2.45, 2.75) is 11.8 Å². The predicted molar refractivity (Wildman–Crippen MR) is 97.5 cm³/mol. The van der Waals surface area contributed by atoms with Crippen LogP contribution in [0.1, 0.15) is 5.56 Å². The van der Waals surface area contributed by atoms with Crippen LogP contribution in [0.4, 0.5) is 5.69 Å². The van der Waals surface area contributed by atoms with Crippen LogP contribution in [-0.2, 0) is 10.1 Å². The molecule has 0 spiro atoms. The molecular weight excluding hydrogens is 354 g/mol. The van der Waals surface area contributed by atoms with Gasteiger partial charge in [0.15, 0.2) is 10.6 Å². The van der Waals surface area contributed by atoms with Crippen LogP contribution in [0.25, 0.3) is 11.1 Å². The first-order valence-corrected chi connectivity index (χ1v) is 9.14. The first-order valence-electron chi connectivity index (χ1n) is 7.73. The van der Waals surface area contributed by atoms with Gasteiger partial charge in [0.25, 0.3) is 5.69 Å². The summed E-state index contributed by atoms with van der Waals surface area (Å²) in [5.74, 6) is 0.108. The minimum absolute atomic E-state index is 0.108. The Kier molecular flexibility index (Phi) is 4.73. The van der Waals surface area contributed by atoms with Gasteiger partial charge in [0.1, 0.15) is 0 Å². The minimum atomic E-state index is -4.39. The van der Waals surface area contributed by atoms with Gasteiger partial charge in [-0.3, -0.25) is 10.1 Å². The second-order valence-electron chi connectivity index (χ2n) is 5.58. The van der Waals surface area contributed by atoms with Gasteiger partial charge >= 0.3 is 10.1 Å². The van der Waals surface area contributed by atoms with Crippen LogP contribution in [0.3, 0.4) is 0 Å². The number of hydrogen-bond acceptors (Lipinski definition) is 5. The van der Waals surface area contributed by atoms with Crippen molar-refractivity contribution in [1.29, 1.82) is 0 Å². The second kappa shape index (κ2) is 6.97. The molecule has 0 atom stereocenters. The first-order chi connectivity index (χ1) is 12.4. The molecule has 0 aliphatic carbocycles. The lowest BCUT2D eigenvalue weighted by Gasteiger charge is -2.13. The summed E-state index contributed by atoms with van der Waals surface area (Å²) in [5.41, 5.74) is 1.09. The topological polar surface area (TPSA) is 86.5 Å². The Labute approximate surface area is 151 Å². The average Bonchev–Trinajstić information content (AvgIpc) is 2.62. The van der Waals surface area contributed by atoms with E-state index >= 15 is 0 Å². The van der Waals surface area contributed by atoms with Gasteiger partial charge in [-0.1, -0.05) is 60.7 Å². The van der Waals surface area contributed by atoms with Gasteiger partial charge < -0.3 is 4.18 Å². The van der Waals surface area contributed by atoms with Crippen LogP contribution in [0.2, 0.25) is 0 Å². The number of nitrogens with zero attached hydrogens (tertiary/aromatic N) is 1. The first kappa shape index (κ1) is 17.6. The highest BCUT2D eigenvalue weighted by molar-refractivity contribution is 7.87. The molecule has 3 rings (SSSR count). The lowest BCUT2D eigenvalue weighted by atomic mass is 10.1. The summed E-state index contributed by atoms with van der Waals surface area (Å²) in [6.45, 7) is 1.49. The van der Waals surface area contributed by atoms with E-state index in [9.17, 15) is 18.5 Å². The van der Waals surface area contributed by atoms with Gasteiger partial charge in [0.2, 0.25) is 0 Å². The Morgan fingerprint density at radius 1 is 0.885 bits per heavy atom. The predicted octanol–water partition coefficient (Wildman–Crippen LogP) is 4.34. The molecule has 0 saturated heterocycles. The van der Waals surface area contributed by atoms with E-state index in [0.717, 1.165) is 11.6 Å². The Bertz CT molecular complexity index is 1060. The maximum Gasteiger partial charge on any atom is 0.346 e. The third-order valence-electron chi connectivity index (χ3n) is 3.81. The fourth-order valence-electron chi connectivity index (χ4n) is 2.66. The smallest absolute Gasteiger partial charge is 0.346 e. The highest BCUT2D eigenvalue weighted by atomic mass is 32.2. The molecule has 3 aromatic rings. The van der Waals surface area contributed by atoms with E-state index in [-0.39, 0.29) is 11.3 Å². The molecule has 0 saturated carbocycles. The molecule has 3 aromatic carbocycles. The monoisotopic (exact) mass is 369 g/mol. The van der Waals surface area contributed by atoms with Crippen molar-refractivity contribution in [2.24, 2.45) is 0 Å². The maximum absolute atomic E-state index is 12.8. The molecule has 0 bridgehead atoms. The third-order valence-corrected chi connectivity index (χ3v) is 5.24. The van der Waals surface area contributed by atoms with Crippen molar-refractivity contribution in [2.75, 3.05) is 0 Å². The van der Waals surface area contributed by atoms with Gasteiger partial charge in [0, 0.05) is 11.6 Å². The summed E-state index contributed by atoms with van der Waals surface area (Å²) >= 11 is 0. The Morgan fingerprint density at radius 2 is 1.54 bits per heavy atom. The highest BCUT2D eigenvalue weighted by Crippen LogP contribution is 2.34. The molecule has 0 unspecified atom stereocenters. The quantitative estimate of drug-likeness (QED) is 0.379. The molecule has 0 aliphatic heterocycles. The Morgan fingerprint density at radius 3 is 2.23 bits per heavy atom. The molecule has 0 radical (unpaired) electrons. The molecule has 0 aromatic heterocycles. The van der Waals surface area contributed by atoms with Crippen molar-refractivity contribution in [3.8, 4) is 16.9 Å². The highest BCUT2D eigenvalue weighted by Gasteiger charge is 2.30. The van der Waals surface area contributed by atoms with Crippen molar-refractivity contribution in [3.05, 3.63) is 88.5 Å². The van der Waals surface area contributed by atoms with Crippen molar-refractivity contribution < 1.29 is 17.5 Å². The largest absolute Gasteiger partial charge is 0.378 e. The summed E-state index contributed by atoms with van der Waals surface area (Å²) in [6.07, 6.45) is 0. The fourth-order valence-corrected chi connectivity index (χ4v) is 3.99. The second-order valence-corrected chi connectivity index (χ2v) is 7.06. The summed E-state index contributed by atoms with van der Waals surface area (Å²) in [6, 6.07) is 19.9. The van der Waals surface area contributed by atoms with Crippen LogP contribution in [0, 0.1) is 17.0 Å². The van der Waals surface area contributed by atoms with E-state index in [2.05, 4.69) is 0 Å². The van der Waals surface area contributed by atoms with Crippen LogP contribution in [0.5, 0.6) is 5.75 Å². The molecule has 0 N–H and O–H groups in total. The number of para-hydroxylation sites is 1. The number of benzene rings is 3. The number of hydrogen-bond donors (Lipinski definition) is 0. The van der Waals surface area contributed by atoms with E-state index < -0.39 is 25.6 Å². The molecule has 0 amide bonds. The van der Waals surface area contributed by atoms with E-state index in [1.54, 1.807) is 18.2 Å². The zero-order chi connectivity index (χ0) is 18.7. The van der Waals surface area contributed by atoms with Gasteiger partial charge in [-0.2, -0.15) is 8.42 Å². The Balaban J connectivity index is 2.10. The molecule has 0 aliphatic rings. The van der Waals surface area contributed by atoms with E-state index in [1.807, 2.05) is 30.3 Å². The Hall–Kier alpha value is -3.19. The normalized spacial score (nSPS) is 11.1. The fraction of sp³-hybridized carbons (Fsp3) is 0.0526. The van der Waals surface area contributed by atoms with Gasteiger partial charge in [-0.25, -0.2) is 0 Å². The molecule has 0 fully saturated rings. The number of rotatable bonds is 5. The van der Waals surface area contributed by atoms with Crippen molar-refractivity contribution >= 4 is 15.8 Å².